The van der Waals surface area contributed by atoms with Crippen molar-refractivity contribution in [1.29, 1.82) is 0 Å². The number of hydrogen-bond donors (Lipinski definition) is 2. The summed E-state index contributed by atoms with van der Waals surface area (Å²) in [6, 6.07) is 16.7. The number of sulfonamides is 1. The topological polar surface area (TPSA) is 110 Å². The highest BCUT2D eigenvalue weighted by molar-refractivity contribution is 7.89. The zero-order valence-corrected chi connectivity index (χ0v) is 26.5. The molecule has 0 aromatic heterocycles. The molecule has 2 atom stereocenters. The zero-order valence-electron chi connectivity index (χ0n) is 25.7. The van der Waals surface area contributed by atoms with Crippen molar-refractivity contribution in [3.05, 3.63) is 66.2 Å². The molecule has 0 unspecified atom stereocenters. The summed E-state index contributed by atoms with van der Waals surface area (Å²) >= 11 is 0. The lowest BCUT2D eigenvalue weighted by Crippen LogP contribution is -2.60. The maximum atomic E-state index is 13.8. The average molecular weight is 601 g/mol. The van der Waals surface area contributed by atoms with Crippen LogP contribution in [0.15, 0.2) is 65.6 Å². The van der Waals surface area contributed by atoms with Crippen LogP contribution in [0.3, 0.4) is 0 Å². The van der Waals surface area contributed by atoms with Gasteiger partial charge in [-0.25, -0.2) is 13.4 Å². The standard InChI is InChI=1S/C32H48N4O5S/c1-25(2)22-35(42(40,41)27-16-10-7-11-17-27)23-29(37)28(20-26-14-8-6-9-15-26)36(31(39)21-32(3,4)5)33-30(38)24-34-18-12-13-19-34/h6-11,14-17,25,28-29,37H,12-13,18-24H2,1-5H3,(H,33,38)/t28-,29+/m0/s1. The molecule has 0 spiro atoms. The van der Waals surface area contributed by atoms with Crippen LogP contribution in [0.5, 0.6) is 0 Å². The molecule has 0 bridgehead atoms. The molecule has 232 valence electrons. The molecule has 2 aromatic carbocycles. The van der Waals surface area contributed by atoms with E-state index in [-0.39, 0.29) is 60.5 Å². The molecule has 0 radical (unpaired) electrons. The first kappa shape index (κ1) is 33.7. The molecule has 1 aliphatic rings. The van der Waals surface area contributed by atoms with E-state index < -0.39 is 22.2 Å². The Kier molecular flexibility index (Phi) is 12.1. The van der Waals surface area contributed by atoms with Gasteiger partial charge in [-0.15, -0.1) is 0 Å². The quantitative estimate of drug-likeness (QED) is 0.340. The van der Waals surface area contributed by atoms with Gasteiger partial charge in [-0.1, -0.05) is 83.1 Å². The average Bonchev–Trinajstić information content (AvgIpc) is 3.43. The van der Waals surface area contributed by atoms with Gasteiger partial charge in [0.1, 0.15) is 0 Å². The fourth-order valence-corrected chi connectivity index (χ4v) is 6.83. The number of aliphatic hydroxyl groups is 1. The van der Waals surface area contributed by atoms with E-state index in [2.05, 4.69) is 5.43 Å². The van der Waals surface area contributed by atoms with Crippen molar-refractivity contribution in [2.45, 2.75) is 77.3 Å². The van der Waals surface area contributed by atoms with Gasteiger partial charge in [0, 0.05) is 19.5 Å². The summed E-state index contributed by atoms with van der Waals surface area (Å²) in [5.74, 6) is -0.680. The van der Waals surface area contributed by atoms with Crippen molar-refractivity contribution in [1.82, 2.24) is 19.6 Å². The number of carbonyl (C=O) groups is 2. The summed E-state index contributed by atoms with van der Waals surface area (Å²) in [6.45, 7) is 11.4. The Hall–Kier alpha value is -2.79. The number of amides is 2. The lowest BCUT2D eigenvalue weighted by Gasteiger charge is -2.38. The Morgan fingerprint density at radius 3 is 2.07 bits per heavy atom. The Balaban J connectivity index is 1.98. The van der Waals surface area contributed by atoms with E-state index in [1.54, 1.807) is 18.2 Å². The molecule has 2 aromatic rings. The third-order valence-electron chi connectivity index (χ3n) is 7.17. The van der Waals surface area contributed by atoms with Crippen LogP contribution in [-0.4, -0.2) is 84.4 Å². The summed E-state index contributed by atoms with van der Waals surface area (Å²) in [4.78, 5) is 29.2. The minimum absolute atomic E-state index is 0.0120. The zero-order chi connectivity index (χ0) is 30.9. The Labute approximate surface area is 251 Å². The Morgan fingerprint density at radius 2 is 1.52 bits per heavy atom. The predicted molar refractivity (Wildman–Crippen MR) is 165 cm³/mol. The third kappa shape index (κ3) is 10.2. The third-order valence-corrected chi connectivity index (χ3v) is 9.01. The molecule has 1 aliphatic heterocycles. The van der Waals surface area contributed by atoms with Crippen LogP contribution in [0.1, 0.15) is 59.4 Å². The fourth-order valence-electron chi connectivity index (χ4n) is 5.19. The van der Waals surface area contributed by atoms with Crippen LogP contribution in [0.4, 0.5) is 0 Å². The van der Waals surface area contributed by atoms with Gasteiger partial charge in [0.05, 0.1) is 23.6 Å². The molecular weight excluding hydrogens is 552 g/mol. The first-order valence-electron chi connectivity index (χ1n) is 14.9. The maximum absolute atomic E-state index is 13.8. The van der Waals surface area contributed by atoms with Gasteiger partial charge < -0.3 is 5.11 Å². The van der Waals surface area contributed by atoms with Crippen LogP contribution < -0.4 is 5.43 Å². The number of hydrogen-bond acceptors (Lipinski definition) is 6. The maximum Gasteiger partial charge on any atom is 0.252 e. The van der Waals surface area contributed by atoms with Crippen molar-refractivity contribution >= 4 is 21.8 Å². The van der Waals surface area contributed by atoms with E-state index in [0.717, 1.165) is 31.5 Å². The van der Waals surface area contributed by atoms with Crippen LogP contribution in [-0.2, 0) is 26.0 Å². The smallest absolute Gasteiger partial charge is 0.252 e. The predicted octanol–water partition coefficient (Wildman–Crippen LogP) is 3.70. The van der Waals surface area contributed by atoms with Crippen molar-refractivity contribution in [2.24, 2.45) is 11.3 Å². The summed E-state index contributed by atoms with van der Waals surface area (Å²) in [6.07, 6.45) is 1.11. The number of nitrogens with one attached hydrogen (secondary N) is 1. The first-order chi connectivity index (χ1) is 19.8. The molecule has 1 fully saturated rings. The van der Waals surface area contributed by atoms with Gasteiger partial charge in [0.15, 0.2) is 0 Å². The second-order valence-corrected chi connectivity index (χ2v) is 14.8. The monoisotopic (exact) mass is 600 g/mol. The van der Waals surface area contributed by atoms with Crippen molar-refractivity contribution < 1.29 is 23.1 Å². The van der Waals surface area contributed by atoms with Gasteiger partial charge >= 0.3 is 0 Å². The van der Waals surface area contributed by atoms with Crippen LogP contribution in [0.2, 0.25) is 0 Å². The van der Waals surface area contributed by atoms with Gasteiger partial charge in [-0.3, -0.25) is 19.9 Å². The minimum Gasteiger partial charge on any atom is -0.390 e. The lowest BCUT2D eigenvalue weighted by molar-refractivity contribution is -0.149. The SMILES string of the molecule is CC(C)CN(C[C@@H](O)[C@H](Cc1ccccc1)N(NC(=O)CN1CCCC1)C(=O)CC(C)(C)C)S(=O)(=O)c1ccccc1. The molecule has 9 nitrogen and oxygen atoms in total. The molecule has 0 saturated carbocycles. The van der Waals surface area contributed by atoms with E-state index in [4.69, 9.17) is 0 Å². The summed E-state index contributed by atoms with van der Waals surface area (Å²) in [7, 11) is -3.94. The molecule has 2 N–H and O–H groups in total. The van der Waals surface area contributed by atoms with Gasteiger partial charge in [-0.2, -0.15) is 4.31 Å². The Morgan fingerprint density at radius 1 is 0.952 bits per heavy atom. The second-order valence-electron chi connectivity index (χ2n) is 12.9. The molecule has 42 heavy (non-hydrogen) atoms. The van der Waals surface area contributed by atoms with Crippen LogP contribution in [0.25, 0.3) is 0 Å². The molecule has 2 amide bonds. The largest absolute Gasteiger partial charge is 0.390 e. The van der Waals surface area contributed by atoms with E-state index in [1.165, 1.54) is 21.4 Å². The lowest BCUT2D eigenvalue weighted by atomic mass is 9.91. The van der Waals surface area contributed by atoms with Gasteiger partial charge in [0.2, 0.25) is 15.9 Å². The highest BCUT2D eigenvalue weighted by Crippen LogP contribution is 2.24. The van der Waals surface area contributed by atoms with Crippen molar-refractivity contribution in [3.63, 3.8) is 0 Å². The van der Waals surface area contributed by atoms with E-state index in [9.17, 15) is 23.1 Å². The molecule has 1 heterocycles. The minimum atomic E-state index is -3.94. The van der Waals surface area contributed by atoms with E-state index >= 15 is 0 Å². The molecule has 1 saturated heterocycles. The number of benzene rings is 2. The molecule has 3 rings (SSSR count). The van der Waals surface area contributed by atoms with Crippen molar-refractivity contribution in [2.75, 3.05) is 32.7 Å². The van der Waals surface area contributed by atoms with Crippen LogP contribution >= 0.6 is 0 Å². The summed E-state index contributed by atoms with van der Waals surface area (Å²) in [5, 5.41) is 13.1. The van der Waals surface area contributed by atoms with E-state index in [1.807, 2.05) is 69.9 Å². The number of rotatable bonds is 13. The summed E-state index contributed by atoms with van der Waals surface area (Å²) in [5.41, 5.74) is 3.30. The number of nitrogens with zero attached hydrogens (tertiary/aromatic N) is 3. The van der Waals surface area contributed by atoms with Gasteiger partial charge in [0.25, 0.3) is 5.91 Å². The van der Waals surface area contributed by atoms with Gasteiger partial charge in [-0.05, 0) is 61.4 Å². The first-order valence-corrected chi connectivity index (χ1v) is 16.3. The highest BCUT2D eigenvalue weighted by Gasteiger charge is 2.37. The molecule has 10 heteroatoms. The number of carbonyl (C=O) groups excluding carboxylic acids is 2. The molecular formula is C32H48N4O5S. The number of aliphatic hydroxyl groups excluding tert-OH is 1. The number of hydrazine groups is 1. The molecule has 0 aliphatic carbocycles. The second kappa shape index (κ2) is 15.1. The normalized spacial score (nSPS) is 16.0. The van der Waals surface area contributed by atoms with Crippen LogP contribution in [0, 0.1) is 11.3 Å². The number of likely N-dealkylation sites (tertiary alicyclic amines) is 1. The Bertz CT molecular complexity index is 1240. The summed E-state index contributed by atoms with van der Waals surface area (Å²) < 4.78 is 28.7. The van der Waals surface area contributed by atoms with Crippen molar-refractivity contribution in [3.8, 4) is 0 Å². The van der Waals surface area contributed by atoms with E-state index in [0.29, 0.717) is 0 Å². The highest BCUT2D eigenvalue weighted by atomic mass is 32.2. The fraction of sp³-hybridized carbons (Fsp3) is 0.562.